The van der Waals surface area contributed by atoms with Gasteiger partial charge in [-0.15, -0.1) is 4.40 Å². The van der Waals surface area contributed by atoms with Crippen LogP contribution < -0.4 is 5.32 Å². The first-order valence-electron chi connectivity index (χ1n) is 7.63. The van der Waals surface area contributed by atoms with Gasteiger partial charge in [-0.25, -0.2) is 5.01 Å². The molecule has 0 aromatic heterocycles. The van der Waals surface area contributed by atoms with Crippen LogP contribution in [0.2, 0.25) is 5.02 Å². The molecule has 0 bridgehead atoms. The third-order valence-electron chi connectivity index (χ3n) is 3.45. The highest BCUT2D eigenvalue weighted by atomic mass is 35.5. The molecule has 126 valence electrons. The van der Waals surface area contributed by atoms with Gasteiger partial charge in [-0.2, -0.15) is 13.5 Å². The predicted molar refractivity (Wildman–Crippen MR) is 93.3 cm³/mol. The average molecular weight is 357 g/mol. The van der Waals surface area contributed by atoms with Gasteiger partial charge in [0.1, 0.15) is 4.90 Å². The molecule has 23 heavy (non-hydrogen) atoms. The average Bonchev–Trinajstić information content (AvgIpc) is 3.00. The van der Waals surface area contributed by atoms with Crippen molar-refractivity contribution in [1.29, 1.82) is 0 Å². The molecule has 0 saturated carbocycles. The summed E-state index contributed by atoms with van der Waals surface area (Å²) in [6.07, 6.45) is 3.61. The first-order chi connectivity index (χ1) is 11.0. The van der Waals surface area contributed by atoms with Crippen molar-refractivity contribution in [1.82, 2.24) is 10.3 Å². The second kappa shape index (κ2) is 7.79. The van der Waals surface area contributed by atoms with Gasteiger partial charge in [-0.05, 0) is 25.0 Å². The minimum absolute atomic E-state index is 0.00677. The van der Waals surface area contributed by atoms with E-state index in [0.717, 1.165) is 12.8 Å². The first kappa shape index (κ1) is 17.7. The van der Waals surface area contributed by atoms with Crippen molar-refractivity contribution in [3.05, 3.63) is 29.3 Å². The number of hydrogen-bond acceptors (Lipinski definition) is 3. The summed E-state index contributed by atoms with van der Waals surface area (Å²) in [6, 6.07) is 6.28. The van der Waals surface area contributed by atoms with Gasteiger partial charge in [0, 0.05) is 18.7 Å². The van der Waals surface area contributed by atoms with Crippen LogP contribution in [0.1, 0.15) is 26.7 Å². The van der Waals surface area contributed by atoms with Crippen LogP contribution >= 0.6 is 11.6 Å². The molecule has 0 amide bonds. The number of hydrazone groups is 1. The van der Waals surface area contributed by atoms with E-state index >= 15 is 0 Å². The standard InChI is InChI=1S/C15H21ClN4O2S/c1-3-9-17-15(20-11-12(4-2)10-18-20)19-23(21,22)14-8-6-5-7-13(14)16/h5-8,10,12H,3-4,9,11H2,1-2H3,(H,17,19). The normalized spacial score (nSPS) is 18.5. The maximum absolute atomic E-state index is 12.5. The number of rotatable bonds is 5. The molecule has 0 aliphatic carbocycles. The van der Waals surface area contributed by atoms with Crippen molar-refractivity contribution in [3.63, 3.8) is 0 Å². The topological polar surface area (TPSA) is 74.1 Å². The fourth-order valence-corrected chi connectivity index (χ4v) is 3.57. The van der Waals surface area contributed by atoms with Gasteiger partial charge in [0.2, 0.25) is 5.96 Å². The molecule has 0 spiro atoms. The van der Waals surface area contributed by atoms with E-state index < -0.39 is 10.0 Å². The lowest BCUT2D eigenvalue weighted by Crippen LogP contribution is -2.39. The smallest absolute Gasteiger partial charge is 0.287 e. The molecule has 6 nitrogen and oxygen atoms in total. The van der Waals surface area contributed by atoms with E-state index in [-0.39, 0.29) is 15.9 Å². The van der Waals surface area contributed by atoms with Crippen molar-refractivity contribution < 1.29 is 8.42 Å². The van der Waals surface area contributed by atoms with E-state index in [1.165, 1.54) is 12.1 Å². The maximum Gasteiger partial charge on any atom is 0.287 e. The second-order valence-corrected chi connectivity index (χ2v) is 7.24. The largest absolute Gasteiger partial charge is 0.354 e. The highest BCUT2D eigenvalue weighted by molar-refractivity contribution is 7.90. The molecule has 0 radical (unpaired) electrons. The summed E-state index contributed by atoms with van der Waals surface area (Å²) in [6.45, 7) is 5.29. The Labute approximate surface area is 142 Å². The molecule has 8 heteroatoms. The van der Waals surface area contributed by atoms with Crippen LogP contribution in [0.3, 0.4) is 0 Å². The van der Waals surface area contributed by atoms with Crippen LogP contribution in [-0.2, 0) is 10.0 Å². The number of hydrogen-bond donors (Lipinski definition) is 1. The third kappa shape index (κ3) is 4.45. The summed E-state index contributed by atoms with van der Waals surface area (Å²) >= 11 is 5.99. The van der Waals surface area contributed by atoms with Gasteiger partial charge in [0.25, 0.3) is 10.0 Å². The van der Waals surface area contributed by atoms with E-state index in [0.29, 0.717) is 19.0 Å². The highest BCUT2D eigenvalue weighted by Gasteiger charge is 2.24. The molecule has 2 rings (SSSR count). The maximum atomic E-state index is 12.5. The Morgan fingerprint density at radius 2 is 2.17 bits per heavy atom. The van der Waals surface area contributed by atoms with E-state index in [1.807, 2.05) is 13.1 Å². The zero-order valence-electron chi connectivity index (χ0n) is 13.2. The number of guanidine groups is 1. The molecule has 1 atom stereocenters. The monoisotopic (exact) mass is 356 g/mol. The molecule has 1 N–H and O–H groups in total. The van der Waals surface area contributed by atoms with Gasteiger partial charge in [0.15, 0.2) is 0 Å². The van der Waals surface area contributed by atoms with Gasteiger partial charge < -0.3 is 5.32 Å². The van der Waals surface area contributed by atoms with E-state index in [1.54, 1.807) is 17.1 Å². The predicted octanol–water partition coefficient (Wildman–Crippen LogP) is 2.71. The lowest BCUT2D eigenvalue weighted by Gasteiger charge is -2.19. The Bertz CT molecular complexity index is 703. The molecule has 1 unspecified atom stereocenters. The van der Waals surface area contributed by atoms with Crippen molar-refractivity contribution in [2.45, 2.75) is 31.6 Å². The number of halogens is 1. The van der Waals surface area contributed by atoms with Crippen LogP contribution in [0.4, 0.5) is 0 Å². The van der Waals surface area contributed by atoms with E-state index in [4.69, 9.17) is 11.6 Å². The Kier molecular flexibility index (Phi) is 6.01. The summed E-state index contributed by atoms with van der Waals surface area (Å²) in [5.41, 5.74) is 0. The Morgan fingerprint density at radius 1 is 1.43 bits per heavy atom. The van der Waals surface area contributed by atoms with Crippen molar-refractivity contribution in [3.8, 4) is 0 Å². The zero-order valence-corrected chi connectivity index (χ0v) is 14.8. The lowest BCUT2D eigenvalue weighted by molar-refractivity contribution is 0.425. The molecule has 1 aliphatic rings. The van der Waals surface area contributed by atoms with Crippen LogP contribution in [0.15, 0.2) is 38.7 Å². The molecular weight excluding hydrogens is 336 g/mol. The summed E-state index contributed by atoms with van der Waals surface area (Å²) in [5.74, 6) is 0.533. The molecule has 1 aromatic carbocycles. The highest BCUT2D eigenvalue weighted by Crippen LogP contribution is 2.23. The Morgan fingerprint density at radius 3 is 2.78 bits per heavy atom. The van der Waals surface area contributed by atoms with Crippen LogP contribution in [0, 0.1) is 5.92 Å². The summed E-state index contributed by atoms with van der Waals surface area (Å²) in [4.78, 5) is -0.00677. The van der Waals surface area contributed by atoms with Crippen LogP contribution in [-0.4, -0.2) is 38.7 Å². The molecule has 0 fully saturated rings. The van der Waals surface area contributed by atoms with Gasteiger partial charge in [0.05, 0.1) is 11.6 Å². The van der Waals surface area contributed by atoms with Crippen LogP contribution in [0.25, 0.3) is 0 Å². The number of nitrogens with zero attached hydrogens (tertiary/aromatic N) is 3. The molecule has 1 aromatic rings. The summed E-state index contributed by atoms with van der Waals surface area (Å²) in [5, 5.41) is 9.05. The number of sulfonamides is 1. The lowest BCUT2D eigenvalue weighted by atomic mass is 10.1. The second-order valence-electron chi connectivity index (χ2n) is 5.26. The Hall–Kier alpha value is -1.60. The minimum Gasteiger partial charge on any atom is -0.354 e. The van der Waals surface area contributed by atoms with E-state index in [9.17, 15) is 8.42 Å². The fraction of sp³-hybridized carbons (Fsp3) is 0.467. The zero-order chi connectivity index (χ0) is 16.9. The van der Waals surface area contributed by atoms with Gasteiger partial charge in [-0.3, -0.25) is 0 Å². The Balaban J connectivity index is 2.33. The van der Waals surface area contributed by atoms with Crippen molar-refractivity contribution in [2.24, 2.45) is 15.4 Å². The van der Waals surface area contributed by atoms with E-state index in [2.05, 4.69) is 21.7 Å². The summed E-state index contributed by atoms with van der Waals surface area (Å²) in [7, 11) is -3.90. The van der Waals surface area contributed by atoms with Gasteiger partial charge >= 0.3 is 0 Å². The number of nitrogens with one attached hydrogen (secondary N) is 1. The van der Waals surface area contributed by atoms with Crippen molar-refractivity contribution >= 4 is 33.8 Å². The van der Waals surface area contributed by atoms with Gasteiger partial charge in [-0.1, -0.05) is 37.6 Å². The SMILES string of the molecule is CCCN/C(=N\S(=O)(=O)c1ccccc1Cl)N1CC(CC)C=N1. The fourth-order valence-electron chi connectivity index (χ4n) is 2.09. The first-order valence-corrected chi connectivity index (χ1v) is 9.44. The van der Waals surface area contributed by atoms with Crippen LogP contribution in [0.5, 0.6) is 0 Å². The molecule has 1 aliphatic heterocycles. The quantitative estimate of drug-likeness (QED) is 0.650. The minimum atomic E-state index is -3.90. The third-order valence-corrected chi connectivity index (χ3v) is 5.21. The number of benzene rings is 1. The molecular formula is C15H21ClN4O2S. The molecule has 0 saturated heterocycles. The van der Waals surface area contributed by atoms with Crippen molar-refractivity contribution in [2.75, 3.05) is 13.1 Å². The summed E-state index contributed by atoms with van der Waals surface area (Å²) < 4.78 is 29.0. The molecule has 1 heterocycles.